The average molecular weight is 351 g/mol. The predicted molar refractivity (Wildman–Crippen MR) is 86.6 cm³/mol. The number of hydrogen-bond acceptors (Lipinski definition) is 3. The minimum absolute atomic E-state index is 0.176. The number of nitrogens with one attached hydrogen (secondary N) is 2. The quantitative estimate of drug-likeness (QED) is 0.818. The molecule has 0 saturated carbocycles. The van der Waals surface area contributed by atoms with Gasteiger partial charge in [0.1, 0.15) is 5.75 Å². The number of benzene rings is 2. The summed E-state index contributed by atoms with van der Waals surface area (Å²) in [6, 6.07) is 11.9. The molecule has 1 heterocycles. The Labute approximate surface area is 142 Å². The summed E-state index contributed by atoms with van der Waals surface area (Å²) in [6.45, 7) is 0. The van der Waals surface area contributed by atoms with Crippen LogP contribution in [0.3, 0.4) is 0 Å². The van der Waals surface area contributed by atoms with Gasteiger partial charge in [-0.05, 0) is 29.8 Å². The Balaban J connectivity index is 1.60. The van der Waals surface area contributed by atoms with Gasteiger partial charge in [-0.1, -0.05) is 41.4 Å². The number of ether oxygens (including phenoxy) is 1. The highest BCUT2D eigenvalue weighted by molar-refractivity contribution is 6.35. The average Bonchev–Trinajstić information content (AvgIpc) is 2.98. The lowest BCUT2D eigenvalue weighted by molar-refractivity contribution is -0.128. The van der Waals surface area contributed by atoms with E-state index in [9.17, 15) is 9.59 Å². The van der Waals surface area contributed by atoms with E-state index >= 15 is 0 Å². The zero-order valence-electron chi connectivity index (χ0n) is 11.8. The topological polar surface area (TPSA) is 67.4 Å². The molecule has 0 radical (unpaired) electrons. The number of para-hydroxylation sites is 1. The molecule has 0 saturated heterocycles. The third kappa shape index (κ3) is 3.41. The molecule has 0 aromatic heterocycles. The summed E-state index contributed by atoms with van der Waals surface area (Å²) in [5, 5.41) is 0.617. The first-order chi connectivity index (χ1) is 11.0. The molecule has 1 atom stereocenters. The summed E-state index contributed by atoms with van der Waals surface area (Å²) < 4.78 is 5.54. The highest BCUT2D eigenvalue weighted by Crippen LogP contribution is 2.28. The van der Waals surface area contributed by atoms with E-state index in [0.29, 0.717) is 17.2 Å². The van der Waals surface area contributed by atoms with Crippen LogP contribution in [0.1, 0.15) is 15.9 Å². The van der Waals surface area contributed by atoms with Gasteiger partial charge in [-0.25, -0.2) is 0 Å². The fraction of sp³-hybridized carbons (Fsp3) is 0.125. The number of rotatable bonds is 2. The van der Waals surface area contributed by atoms with Crippen molar-refractivity contribution in [2.45, 2.75) is 12.5 Å². The van der Waals surface area contributed by atoms with Crippen molar-refractivity contribution in [3.63, 3.8) is 0 Å². The first-order valence-corrected chi connectivity index (χ1v) is 7.60. The highest BCUT2D eigenvalue weighted by atomic mass is 35.5. The van der Waals surface area contributed by atoms with Gasteiger partial charge in [0.2, 0.25) is 0 Å². The third-order valence-corrected chi connectivity index (χ3v) is 3.98. The number of fused-ring (bicyclic) bond motifs is 1. The van der Waals surface area contributed by atoms with E-state index in [-0.39, 0.29) is 10.6 Å². The van der Waals surface area contributed by atoms with Crippen molar-refractivity contribution < 1.29 is 14.3 Å². The number of carbonyl (C=O) groups is 2. The predicted octanol–water partition coefficient (Wildman–Crippen LogP) is 2.76. The van der Waals surface area contributed by atoms with Gasteiger partial charge in [-0.15, -0.1) is 0 Å². The lowest BCUT2D eigenvalue weighted by Crippen LogP contribution is -2.47. The van der Waals surface area contributed by atoms with Crippen molar-refractivity contribution in [3.8, 4) is 5.75 Å². The molecule has 2 aromatic carbocycles. The Hall–Kier alpha value is -2.24. The van der Waals surface area contributed by atoms with Crippen molar-refractivity contribution in [1.29, 1.82) is 0 Å². The third-order valence-electron chi connectivity index (χ3n) is 3.41. The molecule has 2 N–H and O–H groups in total. The maximum atomic E-state index is 12.1. The van der Waals surface area contributed by atoms with Crippen LogP contribution in [-0.2, 0) is 11.2 Å². The van der Waals surface area contributed by atoms with Gasteiger partial charge in [0.05, 0.1) is 10.6 Å². The van der Waals surface area contributed by atoms with Crippen molar-refractivity contribution in [2.75, 3.05) is 0 Å². The molecular weight excluding hydrogens is 339 g/mol. The molecule has 2 aromatic rings. The lowest BCUT2D eigenvalue weighted by atomic mass is 10.1. The molecule has 0 fully saturated rings. The van der Waals surface area contributed by atoms with Crippen LogP contribution >= 0.6 is 23.2 Å². The van der Waals surface area contributed by atoms with E-state index in [2.05, 4.69) is 10.9 Å². The second-order valence-electron chi connectivity index (χ2n) is 4.99. The fourth-order valence-electron chi connectivity index (χ4n) is 2.27. The van der Waals surface area contributed by atoms with E-state index in [1.165, 1.54) is 12.1 Å². The molecule has 2 amide bonds. The summed E-state index contributed by atoms with van der Waals surface area (Å²) in [7, 11) is 0. The largest absolute Gasteiger partial charge is 0.480 e. The standard InChI is InChI=1S/C16H12Cl2N2O3/c17-10-5-6-12(18)11(8-10)15(21)19-20-16(22)14-7-9-3-1-2-4-13(9)23-14/h1-6,8,14H,7H2,(H,19,21)(H,20,22)/t14-/m0/s1. The molecule has 0 unspecified atom stereocenters. The van der Waals surface area contributed by atoms with Crippen LogP contribution in [0, 0.1) is 0 Å². The van der Waals surface area contributed by atoms with Crippen molar-refractivity contribution in [2.24, 2.45) is 0 Å². The lowest BCUT2D eigenvalue weighted by Gasteiger charge is -2.12. The molecule has 0 bridgehead atoms. The van der Waals surface area contributed by atoms with E-state index in [1.54, 1.807) is 12.1 Å². The van der Waals surface area contributed by atoms with Crippen LogP contribution in [0.4, 0.5) is 0 Å². The summed E-state index contributed by atoms with van der Waals surface area (Å²) >= 11 is 11.8. The minimum Gasteiger partial charge on any atom is -0.480 e. The summed E-state index contributed by atoms with van der Waals surface area (Å²) in [6.07, 6.45) is -0.224. The number of hydrazine groups is 1. The monoisotopic (exact) mass is 350 g/mol. The molecule has 5 nitrogen and oxygen atoms in total. The number of carbonyl (C=O) groups excluding carboxylic acids is 2. The van der Waals surface area contributed by atoms with Gasteiger partial charge in [0.25, 0.3) is 11.8 Å². The highest BCUT2D eigenvalue weighted by Gasteiger charge is 2.29. The van der Waals surface area contributed by atoms with Crippen molar-refractivity contribution in [1.82, 2.24) is 10.9 Å². The van der Waals surface area contributed by atoms with Crippen LogP contribution < -0.4 is 15.6 Å². The molecule has 23 heavy (non-hydrogen) atoms. The molecule has 1 aliphatic heterocycles. The Morgan fingerprint density at radius 1 is 1.09 bits per heavy atom. The van der Waals surface area contributed by atoms with Crippen LogP contribution in [0.15, 0.2) is 42.5 Å². The van der Waals surface area contributed by atoms with Crippen LogP contribution in [-0.4, -0.2) is 17.9 Å². The summed E-state index contributed by atoms with van der Waals surface area (Å²) in [4.78, 5) is 24.1. The summed E-state index contributed by atoms with van der Waals surface area (Å²) in [5.41, 5.74) is 5.78. The second-order valence-corrected chi connectivity index (χ2v) is 5.83. The Morgan fingerprint density at radius 2 is 1.87 bits per heavy atom. The molecule has 1 aliphatic rings. The molecule has 118 valence electrons. The minimum atomic E-state index is -0.678. The van der Waals surface area contributed by atoms with E-state index in [1.807, 2.05) is 18.2 Å². The Kier molecular flexibility index (Phi) is 4.41. The van der Waals surface area contributed by atoms with Gasteiger partial charge in [0, 0.05) is 11.4 Å². The maximum absolute atomic E-state index is 12.1. The first kappa shape index (κ1) is 15.6. The number of halogens is 2. The summed E-state index contributed by atoms with van der Waals surface area (Å²) in [5.74, 6) is -0.314. The first-order valence-electron chi connectivity index (χ1n) is 6.84. The van der Waals surface area contributed by atoms with Gasteiger partial charge < -0.3 is 4.74 Å². The Morgan fingerprint density at radius 3 is 2.65 bits per heavy atom. The van der Waals surface area contributed by atoms with Gasteiger partial charge in [0.15, 0.2) is 6.10 Å². The maximum Gasteiger partial charge on any atom is 0.279 e. The molecule has 0 spiro atoms. The molecule has 3 rings (SSSR count). The van der Waals surface area contributed by atoms with Crippen molar-refractivity contribution in [3.05, 3.63) is 63.6 Å². The molecule has 0 aliphatic carbocycles. The van der Waals surface area contributed by atoms with Crippen LogP contribution in [0.25, 0.3) is 0 Å². The number of amides is 2. The Bertz CT molecular complexity index is 755. The second kappa shape index (κ2) is 6.48. The normalized spacial score (nSPS) is 15.5. The van der Waals surface area contributed by atoms with E-state index in [0.717, 1.165) is 5.56 Å². The zero-order valence-corrected chi connectivity index (χ0v) is 13.3. The van der Waals surface area contributed by atoms with E-state index < -0.39 is 17.9 Å². The zero-order chi connectivity index (χ0) is 16.4. The smallest absolute Gasteiger partial charge is 0.279 e. The van der Waals surface area contributed by atoms with Crippen LogP contribution in [0.2, 0.25) is 10.0 Å². The van der Waals surface area contributed by atoms with Gasteiger partial charge >= 0.3 is 0 Å². The SMILES string of the molecule is O=C(NNC(=O)[C@@H]1Cc2ccccc2O1)c1cc(Cl)ccc1Cl. The van der Waals surface area contributed by atoms with Crippen LogP contribution in [0.5, 0.6) is 5.75 Å². The fourth-order valence-corrected chi connectivity index (χ4v) is 2.64. The van der Waals surface area contributed by atoms with Gasteiger partial charge in [-0.3, -0.25) is 20.4 Å². The molecular formula is C16H12Cl2N2O3. The molecule has 7 heteroatoms. The van der Waals surface area contributed by atoms with E-state index in [4.69, 9.17) is 27.9 Å². The number of hydrogen-bond donors (Lipinski definition) is 2. The van der Waals surface area contributed by atoms with Gasteiger partial charge in [-0.2, -0.15) is 0 Å². The van der Waals surface area contributed by atoms with Crippen molar-refractivity contribution >= 4 is 35.0 Å².